The minimum Gasteiger partial charge on any atom is -0.357 e. The maximum atomic E-state index is 5.42. The second-order valence-electron chi connectivity index (χ2n) is 5.59. The van der Waals surface area contributed by atoms with Gasteiger partial charge in [0.05, 0.1) is 17.3 Å². The Labute approximate surface area is 154 Å². The van der Waals surface area contributed by atoms with E-state index in [1.54, 1.807) is 17.4 Å². The quantitative estimate of drug-likeness (QED) is 0.490. The zero-order chi connectivity index (χ0) is 17.1. The van der Waals surface area contributed by atoms with Crippen molar-refractivity contribution in [3.05, 3.63) is 45.9 Å². The van der Waals surface area contributed by atoms with Crippen LogP contribution in [0.25, 0.3) is 10.2 Å². The number of nitrogens with zero attached hydrogens (tertiary/aromatic N) is 3. The van der Waals surface area contributed by atoms with Gasteiger partial charge < -0.3 is 10.2 Å². The van der Waals surface area contributed by atoms with E-state index in [1.807, 2.05) is 10.7 Å². The second kappa shape index (κ2) is 7.52. The molecule has 1 aromatic carbocycles. The van der Waals surface area contributed by atoms with Crippen LogP contribution in [0.15, 0.2) is 36.9 Å². The van der Waals surface area contributed by atoms with Gasteiger partial charge in [0, 0.05) is 6.54 Å². The maximum absolute atomic E-state index is 5.42. The fourth-order valence-corrected chi connectivity index (χ4v) is 4.42. The first-order chi connectivity index (χ1) is 11.6. The molecule has 24 heavy (non-hydrogen) atoms. The van der Waals surface area contributed by atoms with E-state index in [1.165, 1.54) is 20.9 Å². The summed E-state index contributed by atoms with van der Waals surface area (Å²) in [6.07, 6.45) is 1.81. The predicted molar refractivity (Wildman–Crippen MR) is 105 cm³/mol. The Bertz CT molecular complexity index is 861. The van der Waals surface area contributed by atoms with Gasteiger partial charge in [0.2, 0.25) is 5.13 Å². The third kappa shape index (κ3) is 3.72. The molecular weight excluding hydrogens is 358 g/mol. The van der Waals surface area contributed by atoms with Gasteiger partial charge in [0.1, 0.15) is 6.04 Å². The Balaban J connectivity index is 1.74. The second-order valence-corrected chi connectivity index (χ2v) is 8.27. The Hall–Kier alpha value is -1.61. The maximum Gasteiger partial charge on any atom is 0.205 e. The standard InChI is InChI=1S/C16H19N5S3/c1-4-9-17-15-19-21(16(22)24-15)10-20(3)11(2)14-18-12-7-5-6-8-13(12)23-14/h4-8,11H,1,9-10H2,2-3H3,(H,17,19)/p+1/t11-/m0/s1. The van der Waals surface area contributed by atoms with Crippen LogP contribution in [0.3, 0.4) is 0 Å². The highest BCUT2D eigenvalue weighted by molar-refractivity contribution is 7.73. The monoisotopic (exact) mass is 378 g/mol. The molecule has 2 N–H and O–H groups in total. The van der Waals surface area contributed by atoms with Gasteiger partial charge in [-0.25, -0.2) is 4.98 Å². The van der Waals surface area contributed by atoms with Crippen molar-refractivity contribution in [2.24, 2.45) is 0 Å². The van der Waals surface area contributed by atoms with Crippen molar-refractivity contribution in [3.63, 3.8) is 0 Å². The third-order valence-electron chi connectivity index (χ3n) is 3.82. The molecule has 0 amide bonds. The van der Waals surface area contributed by atoms with Crippen LogP contribution in [0.1, 0.15) is 18.0 Å². The molecule has 0 aliphatic heterocycles. The lowest BCUT2D eigenvalue weighted by Gasteiger charge is -2.19. The molecule has 0 radical (unpaired) electrons. The lowest BCUT2D eigenvalue weighted by Crippen LogP contribution is -3.08. The molecule has 0 aliphatic rings. The summed E-state index contributed by atoms with van der Waals surface area (Å²) in [4.78, 5) is 6.06. The Morgan fingerprint density at radius 2 is 2.21 bits per heavy atom. The van der Waals surface area contributed by atoms with Gasteiger partial charge in [-0.05, 0) is 31.3 Å². The van der Waals surface area contributed by atoms with Crippen LogP contribution in [0.2, 0.25) is 0 Å². The van der Waals surface area contributed by atoms with E-state index in [0.717, 1.165) is 19.6 Å². The summed E-state index contributed by atoms with van der Waals surface area (Å²) >= 11 is 8.67. The first-order valence-electron chi connectivity index (χ1n) is 7.69. The van der Waals surface area contributed by atoms with Crippen LogP contribution in [0.5, 0.6) is 0 Å². The van der Waals surface area contributed by atoms with Crippen LogP contribution in [0, 0.1) is 3.95 Å². The van der Waals surface area contributed by atoms with E-state index >= 15 is 0 Å². The van der Waals surface area contributed by atoms with Gasteiger partial charge in [-0.3, -0.25) is 0 Å². The highest BCUT2D eigenvalue weighted by Gasteiger charge is 2.20. The summed E-state index contributed by atoms with van der Waals surface area (Å²) < 4.78 is 3.88. The highest BCUT2D eigenvalue weighted by atomic mass is 32.1. The van der Waals surface area contributed by atoms with Crippen molar-refractivity contribution in [3.8, 4) is 0 Å². The molecule has 0 aliphatic carbocycles. The molecule has 0 saturated carbocycles. The topological polar surface area (TPSA) is 47.2 Å². The fourth-order valence-electron chi connectivity index (χ4n) is 2.30. The van der Waals surface area contributed by atoms with Gasteiger partial charge in [-0.15, -0.1) is 23.0 Å². The molecule has 0 spiro atoms. The molecule has 2 aromatic heterocycles. The number of quaternary nitrogens is 1. The highest BCUT2D eigenvalue weighted by Crippen LogP contribution is 2.24. The molecule has 126 valence electrons. The summed E-state index contributed by atoms with van der Waals surface area (Å²) in [6.45, 7) is 7.29. The first-order valence-corrected chi connectivity index (χ1v) is 9.73. The number of benzene rings is 1. The average molecular weight is 379 g/mol. The van der Waals surface area contributed by atoms with E-state index in [0.29, 0.717) is 13.2 Å². The van der Waals surface area contributed by atoms with Crippen molar-refractivity contribution in [1.29, 1.82) is 0 Å². The first kappa shape index (κ1) is 17.2. The molecule has 1 unspecified atom stereocenters. The smallest absolute Gasteiger partial charge is 0.205 e. The third-order valence-corrected chi connectivity index (χ3v) is 6.31. The lowest BCUT2D eigenvalue weighted by atomic mass is 10.3. The number of para-hydroxylation sites is 1. The van der Waals surface area contributed by atoms with Crippen LogP contribution < -0.4 is 10.2 Å². The Morgan fingerprint density at radius 1 is 1.42 bits per heavy atom. The Morgan fingerprint density at radius 3 is 2.96 bits per heavy atom. The van der Waals surface area contributed by atoms with E-state index in [2.05, 4.69) is 49.2 Å². The van der Waals surface area contributed by atoms with Crippen LogP contribution >= 0.6 is 34.9 Å². The summed E-state index contributed by atoms with van der Waals surface area (Å²) in [5, 5.41) is 9.70. The summed E-state index contributed by atoms with van der Waals surface area (Å²) in [6, 6.07) is 8.53. The van der Waals surface area contributed by atoms with Crippen molar-refractivity contribution >= 4 is 50.2 Å². The van der Waals surface area contributed by atoms with E-state index in [-0.39, 0.29) is 6.04 Å². The summed E-state index contributed by atoms with van der Waals surface area (Å²) in [5.74, 6) is 0. The van der Waals surface area contributed by atoms with Crippen LogP contribution in [0.4, 0.5) is 5.13 Å². The normalized spacial score (nSPS) is 13.8. The van der Waals surface area contributed by atoms with Gasteiger partial charge in [0.15, 0.2) is 15.6 Å². The number of rotatable bonds is 7. The predicted octanol–water partition coefficient (Wildman–Crippen LogP) is 3.12. The average Bonchev–Trinajstić information content (AvgIpc) is 3.16. The van der Waals surface area contributed by atoms with Crippen LogP contribution in [-0.2, 0) is 6.67 Å². The number of nitrogens with one attached hydrogen (secondary N) is 2. The van der Waals surface area contributed by atoms with Gasteiger partial charge in [0.25, 0.3) is 0 Å². The molecule has 0 fully saturated rings. The number of fused-ring (bicyclic) bond motifs is 1. The molecule has 2 heterocycles. The summed E-state index contributed by atoms with van der Waals surface area (Å²) in [7, 11) is 2.15. The molecule has 2 atom stereocenters. The molecule has 0 bridgehead atoms. The van der Waals surface area contributed by atoms with E-state index in [9.17, 15) is 0 Å². The molecular formula is C16H20N5S3+. The zero-order valence-electron chi connectivity index (χ0n) is 13.7. The Kier molecular flexibility index (Phi) is 5.40. The number of anilines is 1. The zero-order valence-corrected chi connectivity index (χ0v) is 16.1. The molecule has 3 aromatic rings. The number of thiazole rings is 1. The minimum absolute atomic E-state index is 0.274. The van der Waals surface area contributed by atoms with E-state index < -0.39 is 0 Å². The minimum atomic E-state index is 0.274. The van der Waals surface area contributed by atoms with Crippen molar-refractivity contribution < 1.29 is 4.90 Å². The molecule has 3 rings (SSSR count). The molecule has 5 nitrogen and oxygen atoms in total. The van der Waals surface area contributed by atoms with Crippen LogP contribution in [-0.4, -0.2) is 28.4 Å². The molecule has 8 heteroatoms. The van der Waals surface area contributed by atoms with Crippen molar-refractivity contribution in [2.45, 2.75) is 19.6 Å². The van der Waals surface area contributed by atoms with Gasteiger partial charge in [-0.1, -0.05) is 29.5 Å². The van der Waals surface area contributed by atoms with Crippen molar-refractivity contribution in [1.82, 2.24) is 14.8 Å². The fraction of sp³-hybridized carbons (Fsp3) is 0.312. The number of aromatic nitrogens is 3. The van der Waals surface area contributed by atoms with Gasteiger partial charge >= 0.3 is 0 Å². The largest absolute Gasteiger partial charge is 0.357 e. The lowest BCUT2D eigenvalue weighted by molar-refractivity contribution is -0.933. The van der Waals surface area contributed by atoms with E-state index in [4.69, 9.17) is 17.2 Å². The SMILES string of the molecule is C=CCNc1nn(C[NH+](C)[C@@H](C)c2nc3ccccc3s2)c(=S)s1. The molecule has 0 saturated heterocycles. The van der Waals surface area contributed by atoms with Crippen molar-refractivity contribution in [2.75, 3.05) is 18.9 Å². The number of hydrogen-bond acceptors (Lipinski definition) is 6. The van der Waals surface area contributed by atoms with Gasteiger partial charge in [-0.2, -0.15) is 4.68 Å². The number of hydrogen-bond donors (Lipinski definition) is 2. The summed E-state index contributed by atoms with van der Waals surface area (Å²) in [5.41, 5.74) is 1.07.